The van der Waals surface area contributed by atoms with Gasteiger partial charge in [-0.1, -0.05) is 68.4 Å². The van der Waals surface area contributed by atoms with Crippen molar-refractivity contribution in [3.8, 4) is 17.1 Å². The van der Waals surface area contributed by atoms with Crippen LogP contribution in [0.3, 0.4) is 0 Å². The first-order valence-electron chi connectivity index (χ1n) is 12.0. The topological polar surface area (TPSA) is 50.2 Å². The lowest BCUT2D eigenvalue weighted by atomic mass is 9.94. The number of benzene rings is 2. The van der Waals surface area contributed by atoms with Gasteiger partial charge in [-0.25, -0.2) is 4.98 Å². The number of imidazole rings is 1. The number of nitrogens with zero attached hydrogens (tertiary/aromatic N) is 3. The van der Waals surface area contributed by atoms with Crippen molar-refractivity contribution in [3.63, 3.8) is 0 Å². The lowest BCUT2D eigenvalue weighted by Crippen LogP contribution is -2.39. The molecule has 1 aliphatic rings. The number of carbonyl (C=O) groups is 1. The third kappa shape index (κ3) is 5.32. The van der Waals surface area contributed by atoms with Gasteiger partial charge in [-0.2, -0.15) is 0 Å². The third-order valence-corrected chi connectivity index (χ3v) is 7.08. The summed E-state index contributed by atoms with van der Waals surface area (Å²) in [5, 5.41) is 4.73. The number of hydrogen-bond donors (Lipinski definition) is 1. The second kappa shape index (κ2) is 10.9. The molecule has 4 rings (SSSR count). The van der Waals surface area contributed by atoms with Gasteiger partial charge < -0.3 is 10.2 Å². The van der Waals surface area contributed by atoms with E-state index >= 15 is 0 Å². The molecule has 0 saturated heterocycles. The third-order valence-electron chi connectivity index (χ3n) is 6.50. The van der Waals surface area contributed by atoms with Crippen LogP contribution in [-0.4, -0.2) is 39.5 Å². The number of amides is 1. The Bertz CT molecular complexity index is 1130. The predicted octanol–water partition coefficient (Wildman–Crippen LogP) is 6.75. The average Bonchev–Trinajstić information content (AvgIpc) is 3.22. The highest BCUT2D eigenvalue weighted by Crippen LogP contribution is 2.33. The normalized spacial score (nSPS) is 14.5. The van der Waals surface area contributed by atoms with Gasteiger partial charge in [-0.05, 0) is 49.2 Å². The molecule has 7 heteroatoms. The van der Waals surface area contributed by atoms with E-state index in [1.165, 1.54) is 6.42 Å². The van der Waals surface area contributed by atoms with Crippen molar-refractivity contribution in [2.75, 3.05) is 7.05 Å². The standard InChI is InChI=1S/C27H32Cl2N4O/c1-18(2)30-17-24-25(27(34)32(3)20-9-5-4-6-10-20)31-26(22-11-7-8-12-23(22)29)33(24)21-15-13-19(28)14-16-21/h7-8,11-16,18,20,30H,4-6,9-10,17H2,1-3H3. The fourth-order valence-corrected chi connectivity index (χ4v) is 4.93. The van der Waals surface area contributed by atoms with E-state index in [9.17, 15) is 4.79 Å². The molecule has 1 heterocycles. The largest absolute Gasteiger partial charge is 0.337 e. The summed E-state index contributed by atoms with van der Waals surface area (Å²) in [6, 6.07) is 15.7. The van der Waals surface area contributed by atoms with Crippen LogP contribution in [-0.2, 0) is 6.54 Å². The van der Waals surface area contributed by atoms with Gasteiger partial charge in [0.25, 0.3) is 5.91 Å². The summed E-state index contributed by atoms with van der Waals surface area (Å²) in [7, 11) is 1.91. The van der Waals surface area contributed by atoms with Gasteiger partial charge in [-0.15, -0.1) is 0 Å². The zero-order valence-corrected chi connectivity index (χ0v) is 21.5. The predicted molar refractivity (Wildman–Crippen MR) is 140 cm³/mol. The van der Waals surface area contributed by atoms with Crippen LogP contribution >= 0.6 is 23.2 Å². The molecule has 0 spiro atoms. The van der Waals surface area contributed by atoms with Crippen LogP contribution in [0.2, 0.25) is 10.0 Å². The van der Waals surface area contributed by atoms with E-state index in [0.717, 1.165) is 42.6 Å². The maximum absolute atomic E-state index is 13.8. The van der Waals surface area contributed by atoms with E-state index in [1.807, 2.05) is 65.0 Å². The summed E-state index contributed by atoms with van der Waals surface area (Å²) in [6.45, 7) is 4.68. The van der Waals surface area contributed by atoms with E-state index < -0.39 is 0 Å². The number of aromatic nitrogens is 2. The minimum absolute atomic E-state index is 0.0477. The van der Waals surface area contributed by atoms with Crippen molar-refractivity contribution < 1.29 is 4.79 Å². The molecule has 180 valence electrons. The molecule has 0 unspecified atom stereocenters. The van der Waals surface area contributed by atoms with Crippen molar-refractivity contribution in [3.05, 3.63) is 70.0 Å². The van der Waals surface area contributed by atoms with E-state index in [0.29, 0.717) is 28.1 Å². The summed E-state index contributed by atoms with van der Waals surface area (Å²) in [5.74, 6) is 0.599. The molecule has 1 N–H and O–H groups in total. The van der Waals surface area contributed by atoms with Gasteiger partial charge in [0.2, 0.25) is 0 Å². The Morgan fingerprint density at radius 3 is 2.41 bits per heavy atom. The molecule has 1 fully saturated rings. The lowest BCUT2D eigenvalue weighted by molar-refractivity contribution is 0.0689. The van der Waals surface area contributed by atoms with E-state index in [2.05, 4.69) is 19.2 Å². The fraction of sp³-hybridized carbons (Fsp3) is 0.407. The lowest BCUT2D eigenvalue weighted by Gasteiger charge is -2.31. The maximum atomic E-state index is 13.8. The monoisotopic (exact) mass is 498 g/mol. The molecule has 2 aromatic carbocycles. The minimum atomic E-state index is -0.0477. The zero-order chi connectivity index (χ0) is 24.2. The van der Waals surface area contributed by atoms with Gasteiger partial charge in [-0.3, -0.25) is 9.36 Å². The molecule has 0 atom stereocenters. The minimum Gasteiger partial charge on any atom is -0.337 e. The summed E-state index contributed by atoms with van der Waals surface area (Å²) in [4.78, 5) is 20.7. The summed E-state index contributed by atoms with van der Waals surface area (Å²) < 4.78 is 2.04. The second-order valence-corrected chi connectivity index (χ2v) is 10.1. The van der Waals surface area contributed by atoms with Crippen LogP contribution in [0.5, 0.6) is 0 Å². The van der Waals surface area contributed by atoms with Crippen molar-refractivity contribution in [1.29, 1.82) is 0 Å². The molecular weight excluding hydrogens is 467 g/mol. The number of halogens is 2. The number of nitrogens with one attached hydrogen (secondary N) is 1. The first kappa shape index (κ1) is 24.8. The molecule has 3 aromatic rings. The van der Waals surface area contributed by atoms with E-state index in [1.54, 1.807) is 0 Å². The molecule has 0 radical (unpaired) electrons. The number of rotatable bonds is 7. The van der Waals surface area contributed by atoms with E-state index in [4.69, 9.17) is 28.2 Å². The van der Waals surface area contributed by atoms with E-state index in [-0.39, 0.29) is 18.0 Å². The number of carbonyl (C=O) groups excluding carboxylic acids is 1. The molecular formula is C27H32Cl2N4O. The van der Waals surface area contributed by atoms with Crippen molar-refractivity contribution in [2.24, 2.45) is 0 Å². The highest BCUT2D eigenvalue weighted by Gasteiger charge is 2.30. The molecule has 34 heavy (non-hydrogen) atoms. The highest BCUT2D eigenvalue weighted by atomic mass is 35.5. The van der Waals surface area contributed by atoms with Crippen LogP contribution in [0.1, 0.15) is 62.1 Å². The van der Waals surface area contributed by atoms with Gasteiger partial charge in [0.15, 0.2) is 5.69 Å². The Hall–Kier alpha value is -2.34. The van der Waals surface area contributed by atoms with Crippen LogP contribution in [0.15, 0.2) is 48.5 Å². The Morgan fingerprint density at radius 2 is 1.76 bits per heavy atom. The van der Waals surface area contributed by atoms with Crippen LogP contribution in [0.25, 0.3) is 17.1 Å². The van der Waals surface area contributed by atoms with Crippen molar-refractivity contribution >= 4 is 29.1 Å². The highest BCUT2D eigenvalue weighted by molar-refractivity contribution is 6.33. The summed E-state index contributed by atoms with van der Waals surface area (Å²) in [6.07, 6.45) is 5.64. The summed E-state index contributed by atoms with van der Waals surface area (Å²) >= 11 is 12.8. The molecule has 1 amide bonds. The molecule has 0 aliphatic heterocycles. The molecule has 5 nitrogen and oxygen atoms in total. The van der Waals surface area contributed by atoms with Crippen molar-refractivity contribution in [1.82, 2.24) is 19.8 Å². The smallest absolute Gasteiger partial charge is 0.274 e. The Balaban J connectivity index is 1.89. The summed E-state index contributed by atoms with van der Waals surface area (Å²) in [5.41, 5.74) is 2.95. The van der Waals surface area contributed by atoms with Crippen molar-refractivity contribution in [2.45, 2.75) is 64.6 Å². The average molecular weight is 499 g/mol. The number of hydrogen-bond acceptors (Lipinski definition) is 3. The Morgan fingerprint density at radius 1 is 1.09 bits per heavy atom. The van der Waals surface area contributed by atoms with Crippen LogP contribution in [0.4, 0.5) is 0 Å². The zero-order valence-electron chi connectivity index (χ0n) is 20.0. The molecule has 1 aliphatic carbocycles. The molecule has 1 saturated carbocycles. The van der Waals surface area contributed by atoms with Gasteiger partial charge in [0.05, 0.1) is 10.7 Å². The Kier molecular flexibility index (Phi) is 7.97. The van der Waals surface area contributed by atoms with Gasteiger partial charge in [0.1, 0.15) is 5.82 Å². The molecule has 1 aromatic heterocycles. The first-order chi connectivity index (χ1) is 16.4. The van der Waals surface area contributed by atoms with Crippen LogP contribution < -0.4 is 5.32 Å². The van der Waals surface area contributed by atoms with Gasteiger partial charge in [0, 0.05) is 41.9 Å². The second-order valence-electron chi connectivity index (χ2n) is 9.27. The fourth-order valence-electron chi connectivity index (χ4n) is 4.58. The van der Waals surface area contributed by atoms with Gasteiger partial charge >= 0.3 is 0 Å². The molecule has 0 bridgehead atoms. The first-order valence-corrected chi connectivity index (χ1v) is 12.8. The SMILES string of the molecule is CC(C)NCc1c(C(=O)N(C)C2CCCCC2)nc(-c2ccccc2Cl)n1-c1ccc(Cl)cc1. The quantitative estimate of drug-likeness (QED) is 0.391. The Labute approximate surface area is 212 Å². The van der Waals surface area contributed by atoms with Crippen LogP contribution in [0, 0.1) is 0 Å². The maximum Gasteiger partial charge on any atom is 0.274 e.